The molecule has 0 spiro atoms. The van der Waals surface area contributed by atoms with Crippen molar-refractivity contribution in [2.75, 3.05) is 5.32 Å². The van der Waals surface area contributed by atoms with Crippen molar-refractivity contribution in [2.45, 2.75) is 27.7 Å². The highest BCUT2D eigenvalue weighted by Crippen LogP contribution is 2.68. The molecule has 2 rings (SSSR count). The molecule has 0 unspecified atom stereocenters. The van der Waals surface area contributed by atoms with Crippen molar-refractivity contribution < 1.29 is 19.1 Å². The maximum Gasteiger partial charge on any atom is 0.340 e. The first-order valence-corrected chi connectivity index (χ1v) is 6.43. The van der Waals surface area contributed by atoms with Crippen molar-refractivity contribution in [3.8, 4) is 0 Å². The Morgan fingerprint density at radius 3 is 2.20 bits per heavy atom. The van der Waals surface area contributed by atoms with Crippen molar-refractivity contribution in [2.24, 2.45) is 16.7 Å². The summed E-state index contributed by atoms with van der Waals surface area (Å²) < 4.78 is 13.5. The molecule has 0 aromatic heterocycles. The first-order chi connectivity index (χ1) is 9.10. The van der Waals surface area contributed by atoms with Gasteiger partial charge in [-0.05, 0) is 23.0 Å². The van der Waals surface area contributed by atoms with E-state index < -0.39 is 17.3 Å². The molecule has 20 heavy (non-hydrogen) atoms. The number of hydrogen-bond acceptors (Lipinski definition) is 2. The molecule has 1 fully saturated rings. The number of carbonyl (C=O) groups is 2. The summed E-state index contributed by atoms with van der Waals surface area (Å²) in [7, 11) is 0. The minimum Gasteiger partial charge on any atom is -0.478 e. The number of carboxylic acid groups (broad SMARTS) is 1. The van der Waals surface area contributed by atoms with Crippen LogP contribution in [0.2, 0.25) is 0 Å². The third kappa shape index (κ3) is 1.97. The standard InChI is InChI=1S/C15H18FNO3/c1-14(2)11(15(14,3)4)12(18)17-9-7-5-6-8(16)10(9)13(19)20/h5-7,11H,1-4H3,(H,17,18)(H,19,20). The van der Waals surface area contributed by atoms with Gasteiger partial charge in [0.05, 0.1) is 5.69 Å². The number of halogens is 1. The zero-order chi connectivity index (χ0) is 15.3. The lowest BCUT2D eigenvalue weighted by molar-refractivity contribution is -0.118. The Morgan fingerprint density at radius 2 is 1.75 bits per heavy atom. The number of carboxylic acids is 1. The summed E-state index contributed by atoms with van der Waals surface area (Å²) in [4.78, 5) is 23.3. The van der Waals surface area contributed by atoms with Crippen LogP contribution in [-0.4, -0.2) is 17.0 Å². The molecule has 108 valence electrons. The van der Waals surface area contributed by atoms with Gasteiger partial charge in [0, 0.05) is 5.92 Å². The number of carbonyl (C=O) groups excluding carboxylic acids is 1. The predicted molar refractivity (Wildman–Crippen MR) is 73.0 cm³/mol. The van der Waals surface area contributed by atoms with E-state index in [4.69, 9.17) is 5.11 Å². The first-order valence-electron chi connectivity index (χ1n) is 6.43. The molecule has 0 saturated heterocycles. The molecule has 1 aliphatic carbocycles. The van der Waals surface area contributed by atoms with Crippen molar-refractivity contribution in [1.82, 2.24) is 0 Å². The molecule has 1 aliphatic rings. The number of anilines is 1. The summed E-state index contributed by atoms with van der Waals surface area (Å²) in [6.45, 7) is 7.95. The number of hydrogen-bond donors (Lipinski definition) is 2. The lowest BCUT2D eigenvalue weighted by atomic mass is 10.0. The molecule has 0 atom stereocenters. The van der Waals surface area contributed by atoms with E-state index in [0.29, 0.717) is 0 Å². The summed E-state index contributed by atoms with van der Waals surface area (Å²) in [5.74, 6) is -2.75. The van der Waals surface area contributed by atoms with Crippen molar-refractivity contribution >= 4 is 17.6 Å². The lowest BCUT2D eigenvalue weighted by Crippen LogP contribution is -2.20. The number of benzene rings is 1. The van der Waals surface area contributed by atoms with E-state index in [2.05, 4.69) is 5.32 Å². The van der Waals surface area contributed by atoms with Crippen molar-refractivity contribution in [3.05, 3.63) is 29.6 Å². The van der Waals surface area contributed by atoms with Crippen LogP contribution in [0.4, 0.5) is 10.1 Å². The monoisotopic (exact) mass is 279 g/mol. The summed E-state index contributed by atoms with van der Waals surface area (Å²) in [5, 5.41) is 11.6. The zero-order valence-electron chi connectivity index (χ0n) is 12.0. The topological polar surface area (TPSA) is 66.4 Å². The molecule has 2 N–H and O–H groups in total. The molecule has 0 bridgehead atoms. The van der Waals surface area contributed by atoms with Gasteiger partial charge in [0.2, 0.25) is 5.91 Å². The van der Waals surface area contributed by atoms with Crippen LogP contribution < -0.4 is 5.32 Å². The molecular weight excluding hydrogens is 261 g/mol. The van der Waals surface area contributed by atoms with Gasteiger partial charge in [-0.1, -0.05) is 33.8 Å². The highest BCUT2D eigenvalue weighted by Gasteiger charge is 2.68. The van der Waals surface area contributed by atoms with E-state index in [-0.39, 0.29) is 28.3 Å². The van der Waals surface area contributed by atoms with Crippen LogP contribution in [0.25, 0.3) is 0 Å². The first kappa shape index (κ1) is 14.5. The van der Waals surface area contributed by atoms with E-state index in [1.54, 1.807) is 0 Å². The van der Waals surface area contributed by atoms with Crippen LogP contribution in [0.5, 0.6) is 0 Å². The third-order valence-electron chi connectivity index (χ3n) is 4.77. The van der Waals surface area contributed by atoms with Crippen LogP contribution >= 0.6 is 0 Å². The lowest BCUT2D eigenvalue weighted by Gasteiger charge is -2.10. The second-order valence-corrected chi connectivity index (χ2v) is 6.33. The Kier molecular flexibility index (Phi) is 3.11. The quantitative estimate of drug-likeness (QED) is 0.893. The van der Waals surface area contributed by atoms with Crippen molar-refractivity contribution in [1.29, 1.82) is 0 Å². The van der Waals surface area contributed by atoms with Gasteiger partial charge in [0.25, 0.3) is 0 Å². The van der Waals surface area contributed by atoms with Gasteiger partial charge in [0.15, 0.2) is 0 Å². The molecule has 1 saturated carbocycles. The van der Waals surface area contributed by atoms with Gasteiger partial charge < -0.3 is 10.4 Å². The minimum atomic E-state index is -1.40. The maximum atomic E-state index is 13.5. The van der Waals surface area contributed by atoms with Gasteiger partial charge in [-0.3, -0.25) is 4.79 Å². The van der Waals surface area contributed by atoms with Gasteiger partial charge in [-0.25, -0.2) is 9.18 Å². The van der Waals surface area contributed by atoms with Crippen LogP contribution in [0.15, 0.2) is 18.2 Å². The summed E-state index contributed by atoms with van der Waals surface area (Å²) in [6.07, 6.45) is 0. The smallest absolute Gasteiger partial charge is 0.340 e. The SMILES string of the molecule is CC1(C)C(C(=O)Nc2cccc(F)c2C(=O)O)C1(C)C. The van der Waals surface area contributed by atoms with E-state index in [9.17, 15) is 14.0 Å². The normalized spacial score (nSPS) is 19.4. The number of aromatic carboxylic acids is 1. The van der Waals surface area contributed by atoms with E-state index in [1.165, 1.54) is 12.1 Å². The molecule has 5 heteroatoms. The summed E-state index contributed by atoms with van der Waals surface area (Å²) in [6, 6.07) is 3.83. The Morgan fingerprint density at radius 1 is 1.20 bits per heavy atom. The Hall–Kier alpha value is -1.91. The van der Waals surface area contributed by atoms with Gasteiger partial charge >= 0.3 is 5.97 Å². The fraction of sp³-hybridized carbons (Fsp3) is 0.467. The number of nitrogens with one attached hydrogen (secondary N) is 1. The summed E-state index contributed by atoms with van der Waals surface area (Å²) in [5.41, 5.74) is -0.820. The Labute approximate surface area is 117 Å². The Balaban J connectivity index is 2.27. The van der Waals surface area contributed by atoms with Gasteiger partial charge in [-0.15, -0.1) is 0 Å². The second kappa shape index (κ2) is 4.30. The highest BCUT2D eigenvalue weighted by atomic mass is 19.1. The largest absolute Gasteiger partial charge is 0.478 e. The molecule has 0 heterocycles. The van der Waals surface area contributed by atoms with Crippen LogP contribution in [-0.2, 0) is 4.79 Å². The molecule has 1 aromatic rings. The third-order valence-corrected chi connectivity index (χ3v) is 4.77. The average molecular weight is 279 g/mol. The van der Waals surface area contributed by atoms with Gasteiger partial charge in [0.1, 0.15) is 11.4 Å². The van der Waals surface area contributed by atoms with Crippen LogP contribution in [0, 0.1) is 22.6 Å². The fourth-order valence-electron chi connectivity index (χ4n) is 2.90. The molecule has 4 nitrogen and oxygen atoms in total. The minimum absolute atomic E-state index is 0.000926. The molecule has 0 radical (unpaired) electrons. The van der Waals surface area contributed by atoms with Crippen molar-refractivity contribution in [3.63, 3.8) is 0 Å². The number of rotatable bonds is 3. The second-order valence-electron chi connectivity index (χ2n) is 6.33. The zero-order valence-corrected chi connectivity index (χ0v) is 12.0. The average Bonchev–Trinajstić information content (AvgIpc) is 2.68. The summed E-state index contributed by atoms with van der Waals surface area (Å²) >= 11 is 0. The van der Waals surface area contributed by atoms with E-state index >= 15 is 0 Å². The number of amides is 1. The van der Waals surface area contributed by atoms with E-state index in [0.717, 1.165) is 6.07 Å². The van der Waals surface area contributed by atoms with Gasteiger partial charge in [-0.2, -0.15) is 0 Å². The molecule has 1 aromatic carbocycles. The maximum absolute atomic E-state index is 13.5. The van der Waals surface area contributed by atoms with Crippen LogP contribution in [0.1, 0.15) is 38.1 Å². The van der Waals surface area contributed by atoms with Crippen LogP contribution in [0.3, 0.4) is 0 Å². The Bertz CT molecular complexity index is 579. The molecule has 0 aliphatic heterocycles. The fourth-order valence-corrected chi connectivity index (χ4v) is 2.90. The molecular formula is C15H18FNO3. The predicted octanol–water partition coefficient (Wildman–Crippen LogP) is 3.14. The highest BCUT2D eigenvalue weighted by molar-refractivity contribution is 6.02. The molecule has 1 amide bonds. The van der Waals surface area contributed by atoms with E-state index in [1.807, 2.05) is 27.7 Å².